The van der Waals surface area contributed by atoms with E-state index in [1.807, 2.05) is 30.3 Å². The van der Waals surface area contributed by atoms with Gasteiger partial charge in [0.15, 0.2) is 5.54 Å². The van der Waals surface area contributed by atoms with Gasteiger partial charge in [-0.2, -0.15) is 0 Å². The van der Waals surface area contributed by atoms with Crippen LogP contribution < -0.4 is 14.8 Å². The van der Waals surface area contributed by atoms with Crippen molar-refractivity contribution in [3.63, 3.8) is 0 Å². The first-order valence-electron chi connectivity index (χ1n) is 10.7. The molecule has 1 aliphatic rings. The number of methoxy groups -OCH3 is 1. The predicted molar refractivity (Wildman–Crippen MR) is 124 cm³/mol. The number of rotatable bonds is 8. The van der Waals surface area contributed by atoms with Crippen LogP contribution in [0.2, 0.25) is 0 Å². The van der Waals surface area contributed by atoms with Gasteiger partial charge in [-0.15, -0.1) is 0 Å². The molecule has 4 rings (SSSR count). The summed E-state index contributed by atoms with van der Waals surface area (Å²) in [5, 5.41) is 3.18. The Morgan fingerprint density at radius 3 is 2.59 bits per heavy atom. The van der Waals surface area contributed by atoms with Gasteiger partial charge in [0.1, 0.15) is 17.2 Å². The molecule has 1 unspecified atom stereocenters. The molecule has 1 aromatic heterocycles. The Morgan fingerprint density at radius 2 is 1.82 bits per heavy atom. The molecule has 1 saturated heterocycles. The van der Waals surface area contributed by atoms with Crippen molar-refractivity contribution in [2.45, 2.75) is 18.1 Å². The lowest BCUT2D eigenvalue weighted by atomic mass is 9.85. The molecule has 2 heterocycles. The second-order valence-corrected chi connectivity index (χ2v) is 7.50. The van der Waals surface area contributed by atoms with Crippen LogP contribution in [0.25, 0.3) is 0 Å². The van der Waals surface area contributed by atoms with E-state index in [-0.39, 0.29) is 5.88 Å². The number of esters is 2. The molecular formula is C26H24N2O6. The van der Waals surface area contributed by atoms with Crippen LogP contribution in [0.4, 0.5) is 0 Å². The lowest BCUT2D eigenvalue weighted by Gasteiger charge is -2.33. The number of pyridine rings is 1. The van der Waals surface area contributed by atoms with Crippen molar-refractivity contribution in [3.05, 3.63) is 91.1 Å². The number of aromatic nitrogens is 1. The number of ether oxygens (including phenoxy) is 4. The summed E-state index contributed by atoms with van der Waals surface area (Å²) in [6, 6.07) is 19.7. The fourth-order valence-corrected chi connectivity index (χ4v) is 3.95. The zero-order chi connectivity index (χ0) is 24.0. The maximum Gasteiger partial charge on any atom is 0.341 e. The molecule has 0 bridgehead atoms. The lowest BCUT2D eigenvalue weighted by Crippen LogP contribution is -2.53. The maximum atomic E-state index is 13.2. The van der Waals surface area contributed by atoms with E-state index in [0.29, 0.717) is 35.8 Å². The number of carbonyl (C=O) groups excluding carboxylic acids is 2. The van der Waals surface area contributed by atoms with Crippen molar-refractivity contribution >= 4 is 11.9 Å². The van der Waals surface area contributed by atoms with E-state index in [9.17, 15) is 9.59 Å². The van der Waals surface area contributed by atoms with Crippen LogP contribution in [0.15, 0.2) is 85.6 Å². The van der Waals surface area contributed by atoms with Crippen LogP contribution in [-0.2, 0) is 24.6 Å². The highest BCUT2D eigenvalue weighted by Gasteiger charge is 2.54. The van der Waals surface area contributed by atoms with Crippen molar-refractivity contribution in [1.82, 2.24) is 10.3 Å². The van der Waals surface area contributed by atoms with Gasteiger partial charge in [0.05, 0.1) is 6.10 Å². The van der Waals surface area contributed by atoms with Crippen molar-refractivity contribution in [2.24, 2.45) is 0 Å². The average molecular weight is 460 g/mol. The Hall–Kier alpha value is -4.01. The minimum Gasteiger partial charge on any atom is -0.457 e. The van der Waals surface area contributed by atoms with Gasteiger partial charge in [-0.05, 0) is 37.2 Å². The Labute approximate surface area is 197 Å². The van der Waals surface area contributed by atoms with E-state index in [0.717, 1.165) is 6.08 Å². The largest absolute Gasteiger partial charge is 0.457 e. The van der Waals surface area contributed by atoms with Crippen LogP contribution in [0.3, 0.4) is 0 Å². The summed E-state index contributed by atoms with van der Waals surface area (Å²) < 4.78 is 22.6. The first-order valence-corrected chi connectivity index (χ1v) is 10.7. The molecule has 1 aliphatic heterocycles. The fourth-order valence-electron chi connectivity index (χ4n) is 3.95. The molecule has 0 saturated carbocycles. The molecule has 0 amide bonds. The van der Waals surface area contributed by atoms with Crippen molar-refractivity contribution in [1.29, 1.82) is 0 Å². The standard InChI is InChI=1S/C26H24N2O6/c1-3-24(29)34-25(30)26(22(31-2)14-16-28-26)20-11-7-8-12-21(20)33-23-17-19(13-15-27-23)32-18-9-5-4-6-10-18/h3-13,15,17,22,28H,1,14,16H2,2H3/t22?,26-/m0/s1. The van der Waals surface area contributed by atoms with Crippen LogP contribution in [0.1, 0.15) is 12.0 Å². The minimum atomic E-state index is -1.46. The molecule has 1 fully saturated rings. The number of benzene rings is 2. The Kier molecular flexibility index (Phi) is 7.01. The van der Waals surface area contributed by atoms with E-state index in [4.69, 9.17) is 18.9 Å². The third-order valence-corrected chi connectivity index (χ3v) is 5.47. The van der Waals surface area contributed by atoms with E-state index >= 15 is 0 Å². The molecule has 2 aromatic carbocycles. The van der Waals surface area contributed by atoms with Crippen molar-refractivity contribution < 1.29 is 28.5 Å². The number of hydrogen-bond acceptors (Lipinski definition) is 8. The van der Waals surface area contributed by atoms with Gasteiger partial charge in [0, 0.05) is 31.0 Å². The fraction of sp³-hybridized carbons (Fsp3) is 0.192. The SMILES string of the molecule is C=CC(=O)OC(=O)[C@@]1(c2ccccc2Oc2cc(Oc3ccccc3)ccn2)NCCC1OC. The highest BCUT2D eigenvalue weighted by molar-refractivity contribution is 5.97. The highest BCUT2D eigenvalue weighted by Crippen LogP contribution is 2.41. The second kappa shape index (κ2) is 10.3. The zero-order valence-electron chi connectivity index (χ0n) is 18.6. The van der Waals surface area contributed by atoms with E-state index in [1.165, 1.54) is 7.11 Å². The second-order valence-electron chi connectivity index (χ2n) is 7.50. The molecule has 2 atom stereocenters. The normalized spacial score (nSPS) is 19.3. The number of nitrogens with zero attached hydrogens (tertiary/aromatic N) is 1. The molecule has 1 N–H and O–H groups in total. The van der Waals surface area contributed by atoms with Crippen molar-refractivity contribution in [3.8, 4) is 23.1 Å². The van der Waals surface area contributed by atoms with Crippen LogP contribution in [0, 0.1) is 0 Å². The van der Waals surface area contributed by atoms with Gasteiger partial charge >= 0.3 is 11.9 Å². The molecule has 8 heteroatoms. The van der Waals surface area contributed by atoms with E-state index in [1.54, 1.807) is 42.6 Å². The van der Waals surface area contributed by atoms with Gasteiger partial charge in [-0.1, -0.05) is 43.0 Å². The molecule has 8 nitrogen and oxygen atoms in total. The van der Waals surface area contributed by atoms with Gasteiger partial charge in [-0.25, -0.2) is 14.6 Å². The maximum absolute atomic E-state index is 13.2. The first kappa shape index (κ1) is 23.2. The topological polar surface area (TPSA) is 96.0 Å². The summed E-state index contributed by atoms with van der Waals surface area (Å²) >= 11 is 0. The molecule has 0 spiro atoms. The molecule has 3 aromatic rings. The van der Waals surface area contributed by atoms with Crippen LogP contribution in [0.5, 0.6) is 23.1 Å². The Morgan fingerprint density at radius 1 is 1.06 bits per heavy atom. The minimum absolute atomic E-state index is 0.263. The number of para-hydroxylation sites is 2. The van der Waals surface area contributed by atoms with Gasteiger partial charge < -0.3 is 18.9 Å². The molecule has 0 radical (unpaired) electrons. The van der Waals surface area contributed by atoms with Crippen LogP contribution >= 0.6 is 0 Å². The lowest BCUT2D eigenvalue weighted by molar-refractivity contribution is -0.165. The molecule has 174 valence electrons. The predicted octanol–water partition coefficient (Wildman–Crippen LogP) is 4.13. The summed E-state index contributed by atoms with van der Waals surface area (Å²) in [5.74, 6) is 0.176. The van der Waals surface area contributed by atoms with Gasteiger partial charge in [0.2, 0.25) is 5.88 Å². The zero-order valence-corrected chi connectivity index (χ0v) is 18.6. The number of carbonyl (C=O) groups is 2. The highest BCUT2D eigenvalue weighted by atomic mass is 16.6. The van der Waals surface area contributed by atoms with E-state index in [2.05, 4.69) is 16.9 Å². The summed E-state index contributed by atoms with van der Waals surface area (Å²) in [7, 11) is 1.50. The Balaban J connectivity index is 1.68. The van der Waals surface area contributed by atoms with Gasteiger partial charge in [-0.3, -0.25) is 5.32 Å². The Bertz CT molecular complexity index is 1180. The average Bonchev–Trinajstić information content (AvgIpc) is 3.30. The smallest absolute Gasteiger partial charge is 0.341 e. The third-order valence-electron chi connectivity index (χ3n) is 5.47. The summed E-state index contributed by atoms with van der Waals surface area (Å²) in [6.45, 7) is 3.84. The van der Waals surface area contributed by atoms with Gasteiger partial charge in [0.25, 0.3) is 0 Å². The quantitative estimate of drug-likeness (QED) is 0.305. The molecule has 0 aliphatic carbocycles. The van der Waals surface area contributed by atoms with Crippen LogP contribution in [-0.4, -0.2) is 36.7 Å². The summed E-state index contributed by atoms with van der Waals surface area (Å²) in [4.78, 5) is 29.3. The first-order chi connectivity index (χ1) is 16.6. The molecular weight excluding hydrogens is 436 g/mol. The number of nitrogens with one attached hydrogen (secondary N) is 1. The van der Waals surface area contributed by atoms with E-state index < -0.39 is 23.6 Å². The summed E-state index contributed by atoms with van der Waals surface area (Å²) in [5.41, 5.74) is -1.00. The monoisotopic (exact) mass is 460 g/mol. The van der Waals surface area contributed by atoms with Crippen molar-refractivity contribution in [2.75, 3.05) is 13.7 Å². The number of hydrogen-bond donors (Lipinski definition) is 1. The summed E-state index contributed by atoms with van der Waals surface area (Å²) in [6.07, 6.45) is 2.44. The third kappa shape index (κ3) is 4.68. The molecule has 34 heavy (non-hydrogen) atoms.